The molecular weight excluding hydrogens is 545 g/mol. The Kier molecular flexibility index (Phi) is 9.65. The number of ether oxygens (including phenoxy) is 1. The van der Waals surface area contributed by atoms with Gasteiger partial charge in [0.25, 0.3) is 10.0 Å². The maximum absolute atomic E-state index is 14.0. The highest BCUT2D eigenvalue weighted by Crippen LogP contribution is 2.26. The van der Waals surface area contributed by atoms with Crippen molar-refractivity contribution in [3.05, 3.63) is 89.7 Å². The largest absolute Gasteiger partial charge is 0.497 e. The van der Waals surface area contributed by atoms with Crippen molar-refractivity contribution in [2.75, 3.05) is 18.0 Å². The summed E-state index contributed by atoms with van der Waals surface area (Å²) in [6.45, 7) is 3.11. The van der Waals surface area contributed by atoms with Crippen LogP contribution in [-0.2, 0) is 26.2 Å². The first-order chi connectivity index (χ1) is 19.6. The Bertz CT molecular complexity index is 1460. The van der Waals surface area contributed by atoms with Gasteiger partial charge in [0.15, 0.2) is 0 Å². The number of hydrogen-bond donors (Lipinski definition) is 1. The van der Waals surface area contributed by atoms with Crippen LogP contribution in [0.3, 0.4) is 0 Å². The monoisotopic (exact) mass is 581 g/mol. The number of nitrogens with one attached hydrogen (secondary N) is 1. The maximum atomic E-state index is 14.0. The van der Waals surface area contributed by atoms with E-state index in [0.717, 1.165) is 53.2 Å². The summed E-state index contributed by atoms with van der Waals surface area (Å²) in [6.07, 6.45) is 3.87. The van der Waals surface area contributed by atoms with Crippen molar-refractivity contribution in [2.24, 2.45) is 0 Å². The van der Waals surface area contributed by atoms with Gasteiger partial charge in [-0.2, -0.15) is 0 Å². The molecule has 1 aliphatic carbocycles. The molecule has 1 atom stereocenters. The number of hydrogen-bond acceptors (Lipinski definition) is 5. The van der Waals surface area contributed by atoms with Crippen molar-refractivity contribution < 1.29 is 27.1 Å². The molecule has 218 valence electrons. The number of anilines is 1. The number of methoxy groups -OCH3 is 1. The van der Waals surface area contributed by atoms with Crippen molar-refractivity contribution in [2.45, 2.75) is 63.1 Å². The van der Waals surface area contributed by atoms with Crippen LogP contribution in [0.1, 0.15) is 43.7 Å². The SMILES string of the molecule is COc1ccc(S(=O)(=O)N(CC(=O)N(Cc2cccc(C)c2)[C@@H](C)C(=O)NC2CCCC2)c2ccc(F)cc2)cc1. The normalized spacial score (nSPS) is 14.3. The van der Waals surface area contributed by atoms with Gasteiger partial charge in [0.2, 0.25) is 11.8 Å². The lowest BCUT2D eigenvalue weighted by molar-refractivity contribution is -0.139. The Labute approximate surface area is 241 Å². The number of amides is 2. The second kappa shape index (κ2) is 13.2. The van der Waals surface area contributed by atoms with E-state index in [4.69, 9.17) is 4.74 Å². The molecule has 2 amide bonds. The van der Waals surface area contributed by atoms with Gasteiger partial charge in [-0.3, -0.25) is 13.9 Å². The molecule has 0 spiro atoms. The van der Waals surface area contributed by atoms with Crippen LogP contribution in [0.5, 0.6) is 5.75 Å². The lowest BCUT2D eigenvalue weighted by Crippen LogP contribution is -2.52. The molecule has 1 saturated carbocycles. The van der Waals surface area contributed by atoms with Crippen LogP contribution in [0.4, 0.5) is 10.1 Å². The summed E-state index contributed by atoms with van der Waals surface area (Å²) < 4.78 is 47.6. The van der Waals surface area contributed by atoms with E-state index in [9.17, 15) is 22.4 Å². The first-order valence-electron chi connectivity index (χ1n) is 13.7. The maximum Gasteiger partial charge on any atom is 0.264 e. The Morgan fingerprint density at radius 1 is 1.02 bits per heavy atom. The highest BCUT2D eigenvalue weighted by Gasteiger charge is 2.33. The summed E-state index contributed by atoms with van der Waals surface area (Å²) in [7, 11) is -2.79. The summed E-state index contributed by atoms with van der Waals surface area (Å²) in [5.74, 6) is -0.925. The third kappa shape index (κ3) is 7.43. The Morgan fingerprint density at radius 2 is 1.68 bits per heavy atom. The summed E-state index contributed by atoms with van der Waals surface area (Å²) >= 11 is 0. The molecule has 8 nitrogen and oxygen atoms in total. The standard InChI is InChI=1S/C31H36FN3O5S/c1-22-7-6-8-24(19-22)20-34(23(2)31(37)33-26-9-4-5-10-26)30(36)21-35(27-13-11-25(32)12-14-27)41(38,39)29-17-15-28(40-3)16-18-29/h6-8,11-19,23,26H,4-5,9-10,20-21H2,1-3H3,(H,33,37)/t23-/m0/s1. The van der Waals surface area contributed by atoms with E-state index in [-0.39, 0.29) is 29.1 Å². The number of halogens is 1. The number of carbonyl (C=O) groups excluding carboxylic acids is 2. The fourth-order valence-electron chi connectivity index (χ4n) is 4.99. The second-order valence-electron chi connectivity index (χ2n) is 10.3. The number of nitrogens with zero attached hydrogens (tertiary/aromatic N) is 2. The summed E-state index contributed by atoms with van der Waals surface area (Å²) in [6, 6.07) is 17.5. The molecule has 41 heavy (non-hydrogen) atoms. The number of aryl methyl sites for hydroxylation is 1. The van der Waals surface area contributed by atoms with Crippen LogP contribution in [0.2, 0.25) is 0 Å². The molecule has 0 aromatic heterocycles. The molecule has 0 radical (unpaired) electrons. The van der Waals surface area contributed by atoms with Crippen LogP contribution in [0.25, 0.3) is 0 Å². The first-order valence-corrected chi connectivity index (χ1v) is 15.1. The van der Waals surface area contributed by atoms with Gasteiger partial charge in [-0.25, -0.2) is 12.8 Å². The van der Waals surface area contributed by atoms with Crippen LogP contribution in [0.15, 0.2) is 77.7 Å². The highest BCUT2D eigenvalue weighted by molar-refractivity contribution is 7.92. The van der Waals surface area contributed by atoms with Crippen molar-refractivity contribution in [1.82, 2.24) is 10.2 Å². The Morgan fingerprint density at radius 3 is 2.29 bits per heavy atom. The topological polar surface area (TPSA) is 96.0 Å². The quantitative estimate of drug-likeness (QED) is 0.351. The summed E-state index contributed by atoms with van der Waals surface area (Å²) in [5, 5.41) is 3.05. The second-order valence-corrected chi connectivity index (χ2v) is 12.2. The fraction of sp³-hybridized carbons (Fsp3) is 0.355. The Balaban J connectivity index is 1.68. The van der Waals surface area contributed by atoms with Crippen molar-refractivity contribution in [3.63, 3.8) is 0 Å². The van der Waals surface area contributed by atoms with Gasteiger partial charge in [0.05, 0.1) is 17.7 Å². The third-order valence-electron chi connectivity index (χ3n) is 7.35. The van der Waals surface area contributed by atoms with Crippen LogP contribution >= 0.6 is 0 Å². The fourth-order valence-corrected chi connectivity index (χ4v) is 6.41. The van der Waals surface area contributed by atoms with E-state index in [1.54, 1.807) is 6.92 Å². The van der Waals surface area contributed by atoms with Crippen LogP contribution in [0, 0.1) is 12.7 Å². The van der Waals surface area contributed by atoms with Gasteiger partial charge >= 0.3 is 0 Å². The number of carbonyl (C=O) groups is 2. The van der Waals surface area contributed by atoms with Crippen LogP contribution in [-0.4, -0.2) is 50.9 Å². The van der Waals surface area contributed by atoms with Gasteiger partial charge in [0, 0.05) is 12.6 Å². The van der Waals surface area contributed by atoms with Gasteiger partial charge in [0.1, 0.15) is 24.2 Å². The Hall–Kier alpha value is -3.92. The average molecular weight is 582 g/mol. The van der Waals surface area contributed by atoms with E-state index in [2.05, 4.69) is 5.32 Å². The molecule has 1 fully saturated rings. The number of sulfonamides is 1. The minimum absolute atomic E-state index is 0.0621. The van der Waals surface area contributed by atoms with E-state index in [1.165, 1.54) is 48.4 Å². The van der Waals surface area contributed by atoms with Crippen molar-refractivity contribution >= 4 is 27.5 Å². The number of benzene rings is 3. The van der Waals surface area contributed by atoms with Crippen LogP contribution < -0.4 is 14.4 Å². The molecule has 0 saturated heterocycles. The minimum atomic E-state index is -4.26. The molecule has 10 heteroatoms. The lowest BCUT2D eigenvalue weighted by Gasteiger charge is -2.32. The smallest absolute Gasteiger partial charge is 0.264 e. The van der Waals surface area contributed by atoms with Gasteiger partial charge < -0.3 is 15.0 Å². The predicted octanol–water partition coefficient (Wildman–Crippen LogP) is 4.81. The van der Waals surface area contributed by atoms with E-state index in [1.807, 2.05) is 31.2 Å². The molecule has 1 N–H and O–H groups in total. The molecule has 0 bridgehead atoms. The molecule has 0 unspecified atom stereocenters. The summed E-state index contributed by atoms with van der Waals surface area (Å²) in [5.41, 5.74) is 1.92. The van der Waals surface area contributed by atoms with Gasteiger partial charge in [-0.1, -0.05) is 42.7 Å². The zero-order valence-corrected chi connectivity index (χ0v) is 24.4. The first kappa shape index (κ1) is 30.0. The van der Waals surface area contributed by atoms with E-state index >= 15 is 0 Å². The molecule has 1 aliphatic rings. The third-order valence-corrected chi connectivity index (χ3v) is 9.13. The zero-order chi connectivity index (χ0) is 29.6. The number of rotatable bonds is 11. The molecule has 0 heterocycles. The molecular formula is C31H36FN3O5S. The van der Waals surface area contributed by atoms with E-state index in [0.29, 0.717) is 5.75 Å². The highest BCUT2D eigenvalue weighted by atomic mass is 32.2. The van der Waals surface area contributed by atoms with E-state index < -0.39 is 34.3 Å². The predicted molar refractivity (Wildman–Crippen MR) is 156 cm³/mol. The molecule has 3 aromatic carbocycles. The minimum Gasteiger partial charge on any atom is -0.497 e. The summed E-state index contributed by atoms with van der Waals surface area (Å²) in [4.78, 5) is 28.6. The molecule has 0 aliphatic heterocycles. The lowest BCUT2D eigenvalue weighted by atomic mass is 10.1. The average Bonchev–Trinajstić information content (AvgIpc) is 3.48. The van der Waals surface area contributed by atoms with Gasteiger partial charge in [-0.15, -0.1) is 0 Å². The zero-order valence-electron chi connectivity index (χ0n) is 23.5. The van der Waals surface area contributed by atoms with Crippen molar-refractivity contribution in [3.8, 4) is 5.75 Å². The van der Waals surface area contributed by atoms with Crippen molar-refractivity contribution in [1.29, 1.82) is 0 Å². The molecule has 3 aromatic rings. The van der Waals surface area contributed by atoms with Gasteiger partial charge in [-0.05, 0) is 80.8 Å². The molecule has 4 rings (SSSR count).